The molecule has 148 valence electrons. The summed E-state index contributed by atoms with van der Waals surface area (Å²) < 4.78 is 26.6. The van der Waals surface area contributed by atoms with Crippen molar-refractivity contribution < 1.29 is 13.2 Å². The SMILES string of the molecule is CCN(CC)S(=O)(=O)c1ccc([C@H](C)NC(=O)c2cc3ccccc3[nH]2)cc1. The summed E-state index contributed by atoms with van der Waals surface area (Å²) in [6, 6.07) is 15.9. The van der Waals surface area contributed by atoms with Crippen LogP contribution in [-0.4, -0.2) is 36.7 Å². The van der Waals surface area contributed by atoms with Crippen molar-refractivity contribution in [1.29, 1.82) is 0 Å². The molecule has 1 amide bonds. The second kappa shape index (κ2) is 8.16. The minimum absolute atomic E-state index is 0.205. The zero-order valence-corrected chi connectivity index (χ0v) is 17.1. The molecule has 3 rings (SSSR count). The number of fused-ring (bicyclic) bond motifs is 1. The highest BCUT2D eigenvalue weighted by Crippen LogP contribution is 2.20. The van der Waals surface area contributed by atoms with E-state index in [4.69, 9.17) is 0 Å². The summed E-state index contributed by atoms with van der Waals surface area (Å²) in [4.78, 5) is 15.9. The van der Waals surface area contributed by atoms with Crippen molar-refractivity contribution in [2.45, 2.75) is 31.7 Å². The van der Waals surface area contributed by atoms with Gasteiger partial charge in [0, 0.05) is 24.0 Å². The predicted octanol–water partition coefficient (Wildman–Crippen LogP) is 3.69. The standard InChI is InChI=1S/C21H25N3O3S/c1-4-24(5-2)28(26,27)18-12-10-16(11-13-18)15(3)22-21(25)20-14-17-8-6-7-9-19(17)23-20/h6-15,23H,4-5H2,1-3H3,(H,22,25)/t15-/m0/s1. The predicted molar refractivity (Wildman–Crippen MR) is 111 cm³/mol. The third-order valence-electron chi connectivity index (χ3n) is 4.85. The molecule has 0 fully saturated rings. The molecule has 0 aliphatic heterocycles. The molecule has 0 aliphatic carbocycles. The van der Waals surface area contributed by atoms with Crippen LogP contribution in [0.25, 0.3) is 10.9 Å². The van der Waals surface area contributed by atoms with Gasteiger partial charge in [0.05, 0.1) is 10.9 Å². The van der Waals surface area contributed by atoms with Crippen LogP contribution in [0.4, 0.5) is 0 Å². The van der Waals surface area contributed by atoms with Crippen LogP contribution < -0.4 is 5.32 Å². The highest BCUT2D eigenvalue weighted by molar-refractivity contribution is 7.89. The van der Waals surface area contributed by atoms with Gasteiger partial charge in [-0.3, -0.25) is 4.79 Å². The Balaban J connectivity index is 1.74. The van der Waals surface area contributed by atoms with E-state index < -0.39 is 10.0 Å². The quantitative estimate of drug-likeness (QED) is 0.636. The van der Waals surface area contributed by atoms with Gasteiger partial charge in [0.2, 0.25) is 10.0 Å². The van der Waals surface area contributed by atoms with Crippen LogP contribution in [0, 0.1) is 0 Å². The molecule has 1 aromatic heterocycles. The number of carbonyl (C=O) groups excluding carboxylic acids is 1. The number of para-hydroxylation sites is 1. The number of H-pyrrole nitrogens is 1. The normalized spacial score (nSPS) is 13.0. The molecule has 0 saturated carbocycles. The fourth-order valence-corrected chi connectivity index (χ4v) is 4.65. The summed E-state index contributed by atoms with van der Waals surface area (Å²) in [5, 5.41) is 3.92. The minimum Gasteiger partial charge on any atom is -0.351 e. The third kappa shape index (κ3) is 3.95. The summed E-state index contributed by atoms with van der Waals surface area (Å²) in [6.45, 7) is 6.36. The first-order chi connectivity index (χ1) is 13.4. The van der Waals surface area contributed by atoms with Gasteiger partial charge in [-0.15, -0.1) is 0 Å². The lowest BCUT2D eigenvalue weighted by atomic mass is 10.1. The Morgan fingerprint density at radius 3 is 2.32 bits per heavy atom. The van der Waals surface area contributed by atoms with Gasteiger partial charge in [0.15, 0.2) is 0 Å². The monoisotopic (exact) mass is 399 g/mol. The van der Waals surface area contributed by atoms with E-state index in [9.17, 15) is 13.2 Å². The smallest absolute Gasteiger partial charge is 0.268 e. The van der Waals surface area contributed by atoms with Gasteiger partial charge < -0.3 is 10.3 Å². The Morgan fingerprint density at radius 2 is 1.71 bits per heavy atom. The molecule has 3 aromatic rings. The van der Waals surface area contributed by atoms with Crippen molar-refractivity contribution in [3.05, 3.63) is 65.9 Å². The lowest BCUT2D eigenvalue weighted by molar-refractivity contribution is 0.0935. The van der Waals surface area contributed by atoms with Crippen molar-refractivity contribution in [3.63, 3.8) is 0 Å². The van der Waals surface area contributed by atoms with Crippen LogP contribution >= 0.6 is 0 Å². The Hall–Kier alpha value is -2.64. The molecule has 0 spiro atoms. The molecule has 0 unspecified atom stereocenters. The van der Waals surface area contributed by atoms with Crippen molar-refractivity contribution in [1.82, 2.24) is 14.6 Å². The molecule has 0 aliphatic rings. The summed E-state index contributed by atoms with van der Waals surface area (Å²) >= 11 is 0. The largest absolute Gasteiger partial charge is 0.351 e. The zero-order chi connectivity index (χ0) is 20.3. The number of hydrogen-bond donors (Lipinski definition) is 2. The maximum Gasteiger partial charge on any atom is 0.268 e. The Bertz CT molecular complexity index is 1030. The average Bonchev–Trinajstić information content (AvgIpc) is 3.13. The number of benzene rings is 2. The van der Waals surface area contributed by atoms with Crippen LogP contribution in [0.2, 0.25) is 0 Å². The van der Waals surface area contributed by atoms with Crippen LogP contribution in [0.3, 0.4) is 0 Å². The van der Waals surface area contributed by atoms with Gasteiger partial charge in [-0.05, 0) is 36.8 Å². The van der Waals surface area contributed by atoms with Gasteiger partial charge in [-0.1, -0.05) is 44.2 Å². The molecule has 1 atom stereocenters. The summed E-state index contributed by atoms with van der Waals surface area (Å²) in [7, 11) is -3.48. The number of sulfonamides is 1. The van der Waals surface area contributed by atoms with E-state index in [0.29, 0.717) is 18.8 Å². The highest BCUT2D eigenvalue weighted by Gasteiger charge is 2.22. The first kappa shape index (κ1) is 20.1. The van der Waals surface area contributed by atoms with Crippen molar-refractivity contribution in [2.75, 3.05) is 13.1 Å². The van der Waals surface area contributed by atoms with Crippen LogP contribution in [0.15, 0.2) is 59.5 Å². The van der Waals surface area contributed by atoms with Gasteiger partial charge in [-0.2, -0.15) is 4.31 Å². The number of nitrogens with one attached hydrogen (secondary N) is 2. The molecule has 1 heterocycles. The molecular formula is C21H25N3O3S. The number of amides is 1. The number of aromatic amines is 1. The van der Waals surface area contributed by atoms with Crippen molar-refractivity contribution >= 4 is 26.8 Å². The van der Waals surface area contributed by atoms with E-state index in [0.717, 1.165) is 16.5 Å². The molecule has 6 nitrogen and oxygen atoms in total. The van der Waals surface area contributed by atoms with E-state index in [1.807, 2.05) is 51.1 Å². The average molecular weight is 400 g/mol. The number of aromatic nitrogens is 1. The topological polar surface area (TPSA) is 82.3 Å². The molecule has 2 N–H and O–H groups in total. The lowest BCUT2D eigenvalue weighted by Gasteiger charge is -2.19. The third-order valence-corrected chi connectivity index (χ3v) is 6.91. The Kier molecular flexibility index (Phi) is 5.86. The van der Waals surface area contributed by atoms with Crippen molar-refractivity contribution in [3.8, 4) is 0 Å². The fraction of sp³-hybridized carbons (Fsp3) is 0.286. The molecule has 28 heavy (non-hydrogen) atoms. The van der Waals surface area contributed by atoms with Crippen LogP contribution in [0.5, 0.6) is 0 Å². The summed E-state index contributed by atoms with van der Waals surface area (Å²) in [5.74, 6) is -0.205. The maximum atomic E-state index is 12.6. The van der Waals surface area contributed by atoms with Gasteiger partial charge in [-0.25, -0.2) is 8.42 Å². The van der Waals surface area contributed by atoms with E-state index in [2.05, 4.69) is 10.3 Å². The fourth-order valence-electron chi connectivity index (χ4n) is 3.19. The van der Waals surface area contributed by atoms with Crippen molar-refractivity contribution in [2.24, 2.45) is 0 Å². The lowest BCUT2D eigenvalue weighted by Crippen LogP contribution is -2.30. The first-order valence-electron chi connectivity index (χ1n) is 9.35. The highest BCUT2D eigenvalue weighted by atomic mass is 32.2. The number of rotatable bonds is 7. The van der Waals surface area contributed by atoms with Crippen LogP contribution in [0.1, 0.15) is 42.9 Å². The number of hydrogen-bond acceptors (Lipinski definition) is 3. The summed E-state index contributed by atoms with van der Waals surface area (Å²) in [5.41, 5.74) is 2.24. The maximum absolute atomic E-state index is 12.6. The van der Waals surface area contributed by atoms with E-state index in [1.165, 1.54) is 4.31 Å². The Morgan fingerprint density at radius 1 is 1.07 bits per heavy atom. The summed E-state index contributed by atoms with van der Waals surface area (Å²) in [6.07, 6.45) is 0. The van der Waals surface area contributed by atoms with E-state index in [1.54, 1.807) is 24.3 Å². The first-order valence-corrected chi connectivity index (χ1v) is 10.8. The molecular weight excluding hydrogens is 374 g/mol. The van der Waals surface area contributed by atoms with Gasteiger partial charge in [0.25, 0.3) is 5.91 Å². The second-order valence-electron chi connectivity index (χ2n) is 6.62. The number of carbonyl (C=O) groups is 1. The van der Waals surface area contributed by atoms with E-state index >= 15 is 0 Å². The molecule has 7 heteroatoms. The molecule has 0 radical (unpaired) electrons. The van der Waals surface area contributed by atoms with Crippen LogP contribution in [-0.2, 0) is 10.0 Å². The second-order valence-corrected chi connectivity index (χ2v) is 8.56. The van der Waals surface area contributed by atoms with Gasteiger partial charge >= 0.3 is 0 Å². The number of nitrogens with zero attached hydrogens (tertiary/aromatic N) is 1. The molecule has 2 aromatic carbocycles. The molecule has 0 saturated heterocycles. The minimum atomic E-state index is -3.48. The van der Waals surface area contributed by atoms with E-state index in [-0.39, 0.29) is 16.8 Å². The van der Waals surface area contributed by atoms with Gasteiger partial charge in [0.1, 0.15) is 5.69 Å². The zero-order valence-electron chi connectivity index (χ0n) is 16.3. The Labute approximate surface area is 165 Å². The molecule has 0 bridgehead atoms.